The van der Waals surface area contributed by atoms with E-state index in [-0.39, 0.29) is 6.61 Å². The van der Waals surface area contributed by atoms with Crippen LogP contribution in [0.25, 0.3) is 11.5 Å². The highest BCUT2D eigenvalue weighted by atomic mass is 16.6. The summed E-state index contributed by atoms with van der Waals surface area (Å²) in [7, 11) is 0. The number of carbonyl (C=O) groups is 1. The van der Waals surface area contributed by atoms with Gasteiger partial charge in [-0.05, 0) is 56.7 Å². The van der Waals surface area contributed by atoms with Crippen molar-refractivity contribution in [3.63, 3.8) is 0 Å². The molecule has 0 atom stereocenters. The number of benzene rings is 3. The van der Waals surface area contributed by atoms with E-state index in [9.17, 15) is 4.79 Å². The Balaban J connectivity index is 1.56. The first kappa shape index (κ1) is 23.8. The van der Waals surface area contributed by atoms with Crippen LogP contribution in [0.3, 0.4) is 0 Å². The molecular formula is C28H26N2O5. The molecule has 35 heavy (non-hydrogen) atoms. The van der Waals surface area contributed by atoms with E-state index < -0.39 is 12.6 Å². The van der Waals surface area contributed by atoms with Crippen LogP contribution in [0.2, 0.25) is 0 Å². The van der Waals surface area contributed by atoms with Crippen molar-refractivity contribution in [1.82, 2.24) is 4.98 Å². The molecule has 1 N–H and O–H groups in total. The summed E-state index contributed by atoms with van der Waals surface area (Å²) in [6, 6.07) is 23.1. The predicted octanol–water partition coefficient (Wildman–Crippen LogP) is 5.70. The van der Waals surface area contributed by atoms with Gasteiger partial charge in [0, 0.05) is 16.7 Å². The van der Waals surface area contributed by atoms with Gasteiger partial charge in [0.15, 0.2) is 13.2 Å². The number of aryl methyl sites for hydroxylation is 3. The first-order valence-electron chi connectivity index (χ1n) is 11.1. The number of ether oxygens (including phenoxy) is 1. The van der Waals surface area contributed by atoms with Crippen LogP contribution in [-0.4, -0.2) is 28.4 Å². The summed E-state index contributed by atoms with van der Waals surface area (Å²) in [4.78, 5) is 21.2. The first-order chi connectivity index (χ1) is 16.9. The smallest absolute Gasteiger partial charge is 0.341 e. The van der Waals surface area contributed by atoms with Gasteiger partial charge in [-0.2, -0.15) is 0 Å². The number of carboxylic acids is 1. The fourth-order valence-electron chi connectivity index (χ4n) is 3.51. The van der Waals surface area contributed by atoms with Gasteiger partial charge in [-0.1, -0.05) is 53.2 Å². The first-order valence-corrected chi connectivity index (χ1v) is 11.1. The number of rotatable bonds is 9. The quantitative estimate of drug-likeness (QED) is 0.249. The van der Waals surface area contributed by atoms with Crippen LogP contribution in [0, 0.1) is 20.8 Å². The molecule has 7 nitrogen and oxygen atoms in total. The topological polar surface area (TPSA) is 94.2 Å². The molecule has 1 aromatic heterocycles. The van der Waals surface area contributed by atoms with E-state index in [4.69, 9.17) is 19.1 Å². The maximum Gasteiger partial charge on any atom is 0.341 e. The molecule has 0 saturated heterocycles. The minimum atomic E-state index is -1.03. The Hall–Kier alpha value is -4.39. The molecule has 4 aromatic rings. The van der Waals surface area contributed by atoms with Crippen molar-refractivity contribution in [3.8, 4) is 17.2 Å². The highest BCUT2D eigenvalue weighted by Crippen LogP contribution is 2.24. The van der Waals surface area contributed by atoms with E-state index in [1.165, 1.54) is 5.56 Å². The Bertz CT molecular complexity index is 1340. The van der Waals surface area contributed by atoms with Crippen molar-refractivity contribution in [2.45, 2.75) is 27.4 Å². The van der Waals surface area contributed by atoms with Crippen LogP contribution in [0.4, 0.5) is 0 Å². The summed E-state index contributed by atoms with van der Waals surface area (Å²) in [5.74, 6) is 0.696. The number of hydrogen-bond donors (Lipinski definition) is 1. The predicted molar refractivity (Wildman–Crippen MR) is 133 cm³/mol. The number of nitrogens with zero attached hydrogens (tertiary/aromatic N) is 2. The van der Waals surface area contributed by atoms with Gasteiger partial charge in [-0.3, -0.25) is 0 Å². The highest BCUT2D eigenvalue weighted by molar-refractivity contribution is 6.12. The van der Waals surface area contributed by atoms with Gasteiger partial charge in [-0.25, -0.2) is 9.78 Å². The SMILES string of the molecule is Cc1ccc(-c2nc(CO/N=C(/c3ccccc3)c3ccc(OCC(=O)O)c(C)c3)c(C)o2)cc1. The van der Waals surface area contributed by atoms with Crippen molar-refractivity contribution in [1.29, 1.82) is 0 Å². The monoisotopic (exact) mass is 470 g/mol. The van der Waals surface area contributed by atoms with Crippen LogP contribution in [0.15, 0.2) is 82.4 Å². The molecule has 4 rings (SSSR count). The van der Waals surface area contributed by atoms with Crippen LogP contribution in [-0.2, 0) is 16.2 Å². The third kappa shape index (κ3) is 5.95. The minimum absolute atomic E-state index is 0.149. The van der Waals surface area contributed by atoms with E-state index in [1.54, 1.807) is 6.07 Å². The van der Waals surface area contributed by atoms with Gasteiger partial charge >= 0.3 is 5.97 Å². The fraction of sp³-hybridized carbons (Fsp3) is 0.179. The Morgan fingerprint density at radius 2 is 1.71 bits per heavy atom. The van der Waals surface area contributed by atoms with E-state index in [0.29, 0.717) is 28.8 Å². The number of aromatic nitrogens is 1. The fourth-order valence-corrected chi connectivity index (χ4v) is 3.51. The largest absolute Gasteiger partial charge is 0.482 e. The van der Waals surface area contributed by atoms with Crippen molar-refractivity contribution in [2.24, 2.45) is 5.16 Å². The number of oxime groups is 1. The highest BCUT2D eigenvalue weighted by Gasteiger charge is 2.14. The molecule has 0 aliphatic heterocycles. The third-order valence-corrected chi connectivity index (χ3v) is 5.40. The lowest BCUT2D eigenvalue weighted by atomic mass is 10.0. The zero-order valence-electron chi connectivity index (χ0n) is 19.8. The summed E-state index contributed by atoms with van der Waals surface area (Å²) in [6.07, 6.45) is 0. The van der Waals surface area contributed by atoms with Crippen LogP contribution >= 0.6 is 0 Å². The number of carboxylic acid groups (broad SMARTS) is 1. The molecule has 7 heteroatoms. The van der Waals surface area contributed by atoms with Crippen LogP contribution < -0.4 is 4.74 Å². The van der Waals surface area contributed by atoms with Gasteiger partial charge in [-0.15, -0.1) is 0 Å². The minimum Gasteiger partial charge on any atom is -0.482 e. The third-order valence-electron chi connectivity index (χ3n) is 5.40. The van der Waals surface area contributed by atoms with Gasteiger partial charge in [0.05, 0.1) is 0 Å². The van der Waals surface area contributed by atoms with Crippen LogP contribution in [0.5, 0.6) is 5.75 Å². The molecule has 0 aliphatic rings. The maximum atomic E-state index is 10.8. The molecule has 0 radical (unpaired) electrons. The van der Waals surface area contributed by atoms with E-state index >= 15 is 0 Å². The zero-order valence-corrected chi connectivity index (χ0v) is 19.8. The summed E-state index contributed by atoms with van der Waals surface area (Å²) in [5, 5.41) is 13.3. The lowest BCUT2D eigenvalue weighted by Gasteiger charge is -2.11. The molecule has 178 valence electrons. The molecule has 3 aromatic carbocycles. The standard InChI is InChI=1S/C28H26N2O5/c1-18-9-11-22(12-10-18)28-29-24(20(3)35-28)16-34-30-27(21-7-5-4-6-8-21)23-13-14-25(19(2)15-23)33-17-26(31)32/h4-15H,16-17H2,1-3H3,(H,31,32)/b30-27-. The Kier molecular flexibility index (Phi) is 7.26. The van der Waals surface area contributed by atoms with Crippen LogP contribution in [0.1, 0.15) is 33.7 Å². The normalized spacial score (nSPS) is 11.3. The summed E-state index contributed by atoms with van der Waals surface area (Å²) >= 11 is 0. The van der Waals surface area contributed by atoms with Crippen molar-refractivity contribution < 1.29 is 23.9 Å². The van der Waals surface area contributed by atoms with Gasteiger partial charge in [0.25, 0.3) is 0 Å². The summed E-state index contributed by atoms with van der Waals surface area (Å²) in [6.45, 7) is 5.49. The lowest BCUT2D eigenvalue weighted by molar-refractivity contribution is -0.139. The van der Waals surface area contributed by atoms with E-state index in [1.807, 2.05) is 87.5 Å². The van der Waals surface area contributed by atoms with E-state index in [0.717, 1.165) is 22.3 Å². The number of aliphatic carboxylic acids is 1. The Morgan fingerprint density at radius 3 is 2.40 bits per heavy atom. The molecule has 0 amide bonds. The van der Waals surface area contributed by atoms with Gasteiger partial charge < -0.3 is 19.1 Å². The second kappa shape index (κ2) is 10.7. The van der Waals surface area contributed by atoms with Gasteiger partial charge in [0.1, 0.15) is 22.9 Å². The second-order valence-electron chi connectivity index (χ2n) is 8.13. The average Bonchev–Trinajstić information content (AvgIpc) is 3.22. The Morgan fingerprint density at radius 1 is 0.971 bits per heavy atom. The molecule has 0 spiro atoms. The molecule has 1 heterocycles. The molecule has 0 bridgehead atoms. The van der Waals surface area contributed by atoms with Crippen molar-refractivity contribution in [2.75, 3.05) is 6.61 Å². The molecule has 0 unspecified atom stereocenters. The van der Waals surface area contributed by atoms with E-state index in [2.05, 4.69) is 10.1 Å². The lowest BCUT2D eigenvalue weighted by Crippen LogP contribution is -2.11. The summed E-state index contributed by atoms with van der Waals surface area (Å²) in [5.41, 5.74) is 5.86. The molecule has 0 aliphatic carbocycles. The Labute approximate surface area is 203 Å². The summed E-state index contributed by atoms with van der Waals surface area (Å²) < 4.78 is 11.2. The maximum absolute atomic E-state index is 10.8. The van der Waals surface area contributed by atoms with Gasteiger partial charge in [0.2, 0.25) is 5.89 Å². The molecule has 0 fully saturated rings. The number of hydrogen-bond acceptors (Lipinski definition) is 6. The zero-order chi connectivity index (χ0) is 24.8. The molecule has 0 saturated carbocycles. The van der Waals surface area contributed by atoms with Crippen molar-refractivity contribution in [3.05, 3.63) is 107 Å². The molecular weight excluding hydrogens is 444 g/mol. The average molecular weight is 471 g/mol. The second-order valence-corrected chi connectivity index (χ2v) is 8.13. The van der Waals surface area contributed by atoms with Crippen molar-refractivity contribution >= 4 is 11.7 Å². The number of oxazole rings is 1.